The van der Waals surface area contributed by atoms with E-state index in [0.717, 1.165) is 59.5 Å². The first-order valence-electron chi connectivity index (χ1n) is 13.5. The highest BCUT2D eigenvalue weighted by Crippen LogP contribution is 2.30. The van der Waals surface area contributed by atoms with Crippen molar-refractivity contribution in [3.05, 3.63) is 70.8 Å². The number of imidazole rings is 1. The highest BCUT2D eigenvalue weighted by molar-refractivity contribution is 6.30. The van der Waals surface area contributed by atoms with Crippen LogP contribution >= 0.6 is 11.6 Å². The average molecular weight is 549 g/mol. The topological polar surface area (TPSA) is 113 Å². The van der Waals surface area contributed by atoms with Crippen molar-refractivity contribution in [2.45, 2.75) is 65.6 Å². The minimum atomic E-state index is -0.248. The Morgan fingerprint density at radius 1 is 1.10 bits per heavy atom. The van der Waals surface area contributed by atoms with Crippen molar-refractivity contribution in [2.24, 2.45) is 5.92 Å². The van der Waals surface area contributed by atoms with Crippen LogP contribution in [0.2, 0.25) is 5.15 Å². The number of rotatable bonds is 13. The monoisotopic (exact) mass is 548 g/mol. The van der Waals surface area contributed by atoms with Crippen LogP contribution in [0.5, 0.6) is 0 Å². The molecular weight excluding hydrogens is 512 g/mol. The summed E-state index contributed by atoms with van der Waals surface area (Å²) < 4.78 is 2.15. The third-order valence-corrected chi connectivity index (χ3v) is 7.08. The number of tetrazole rings is 1. The molecule has 0 saturated heterocycles. The van der Waals surface area contributed by atoms with E-state index in [-0.39, 0.29) is 11.9 Å². The summed E-state index contributed by atoms with van der Waals surface area (Å²) in [7, 11) is 1.82. The quantitative estimate of drug-likeness (QED) is 0.216. The fraction of sp³-hybridized carbons (Fsp3) is 0.414. The number of aromatic amines is 1. The molecule has 0 aliphatic carbocycles. The average Bonchev–Trinajstić information content (AvgIpc) is 3.58. The molecule has 0 fully saturated rings. The van der Waals surface area contributed by atoms with Crippen molar-refractivity contribution in [1.29, 1.82) is 0 Å². The second-order valence-electron chi connectivity index (χ2n) is 10.1. The number of H-pyrrole nitrogens is 1. The van der Waals surface area contributed by atoms with Gasteiger partial charge in [-0.2, -0.15) is 5.21 Å². The SMILES string of the molecule is CCCCc1nc(Cl)c(CNC(=O)C(CC(C)C)NC)n1Cc1ccc(-c2ccccc2-c2nn[nH]n2)cc1. The van der Waals surface area contributed by atoms with E-state index in [4.69, 9.17) is 11.6 Å². The number of nitrogens with one attached hydrogen (secondary N) is 3. The molecule has 0 saturated carbocycles. The maximum absolute atomic E-state index is 12.9. The Balaban J connectivity index is 1.56. The van der Waals surface area contributed by atoms with Crippen LogP contribution in [0.1, 0.15) is 57.1 Å². The van der Waals surface area contributed by atoms with Crippen molar-refractivity contribution in [3.8, 4) is 22.5 Å². The zero-order chi connectivity index (χ0) is 27.8. The Bertz CT molecular complexity index is 1350. The first kappa shape index (κ1) is 28.4. The largest absolute Gasteiger partial charge is 0.349 e. The Labute approximate surface area is 234 Å². The zero-order valence-corrected chi connectivity index (χ0v) is 23.8. The van der Waals surface area contributed by atoms with Crippen LogP contribution in [0.25, 0.3) is 22.5 Å². The maximum Gasteiger partial charge on any atom is 0.237 e. The fourth-order valence-corrected chi connectivity index (χ4v) is 4.95. The van der Waals surface area contributed by atoms with Crippen LogP contribution < -0.4 is 10.6 Å². The van der Waals surface area contributed by atoms with E-state index in [0.29, 0.717) is 30.0 Å². The Morgan fingerprint density at radius 3 is 2.49 bits per heavy atom. The molecule has 0 aliphatic rings. The van der Waals surface area contributed by atoms with Gasteiger partial charge in [-0.25, -0.2) is 4.98 Å². The van der Waals surface area contributed by atoms with Gasteiger partial charge in [-0.1, -0.05) is 87.3 Å². The van der Waals surface area contributed by atoms with Crippen molar-refractivity contribution < 1.29 is 4.79 Å². The summed E-state index contributed by atoms with van der Waals surface area (Å²) in [5, 5.41) is 21.2. The molecule has 3 N–H and O–H groups in total. The number of hydrogen-bond acceptors (Lipinski definition) is 6. The molecule has 10 heteroatoms. The summed E-state index contributed by atoms with van der Waals surface area (Å²) >= 11 is 6.63. The molecule has 2 aromatic heterocycles. The summed E-state index contributed by atoms with van der Waals surface area (Å²) in [5.74, 6) is 1.87. The molecule has 206 valence electrons. The van der Waals surface area contributed by atoms with E-state index in [2.05, 4.69) is 91.9 Å². The summed E-state index contributed by atoms with van der Waals surface area (Å²) in [6.07, 6.45) is 3.66. The number of benzene rings is 2. The molecule has 1 atom stereocenters. The Kier molecular flexibility index (Phi) is 9.84. The number of nitrogens with zero attached hydrogens (tertiary/aromatic N) is 5. The first-order chi connectivity index (χ1) is 18.9. The van der Waals surface area contributed by atoms with Crippen LogP contribution in [0.15, 0.2) is 48.5 Å². The number of amides is 1. The number of carbonyl (C=O) groups excluding carboxylic acids is 1. The number of halogens is 1. The van der Waals surface area contributed by atoms with Crippen LogP contribution in [-0.4, -0.2) is 49.2 Å². The van der Waals surface area contributed by atoms with Crippen molar-refractivity contribution in [3.63, 3.8) is 0 Å². The molecule has 9 nitrogen and oxygen atoms in total. The standard InChI is InChI=1S/C29H37ClN8O/c1-5-6-11-26-33-27(30)25(17-32-29(39)24(31-4)16-19(2)3)38(26)18-20-12-14-21(15-13-20)22-9-7-8-10-23(22)28-34-36-37-35-28/h7-10,12-15,19,24,31H,5-6,11,16-18H2,1-4H3,(H,32,39)(H,34,35,36,37). The van der Waals surface area contributed by atoms with Gasteiger partial charge in [-0.15, -0.1) is 10.2 Å². The van der Waals surface area contributed by atoms with Crippen LogP contribution in [0.4, 0.5) is 0 Å². The molecule has 4 aromatic rings. The van der Waals surface area contributed by atoms with E-state index in [1.165, 1.54) is 0 Å². The molecule has 4 rings (SSSR count). The van der Waals surface area contributed by atoms with Gasteiger partial charge >= 0.3 is 0 Å². The zero-order valence-electron chi connectivity index (χ0n) is 23.0. The second kappa shape index (κ2) is 13.5. The predicted molar refractivity (Wildman–Crippen MR) is 154 cm³/mol. The van der Waals surface area contributed by atoms with E-state index >= 15 is 0 Å². The van der Waals surface area contributed by atoms with Gasteiger partial charge < -0.3 is 15.2 Å². The summed E-state index contributed by atoms with van der Waals surface area (Å²) in [5.41, 5.74) is 4.94. The van der Waals surface area contributed by atoms with Crippen LogP contribution in [0.3, 0.4) is 0 Å². The van der Waals surface area contributed by atoms with E-state index in [1.807, 2.05) is 25.2 Å². The normalized spacial score (nSPS) is 12.2. The third kappa shape index (κ3) is 7.10. The van der Waals surface area contributed by atoms with E-state index < -0.39 is 0 Å². The van der Waals surface area contributed by atoms with Gasteiger partial charge in [0.15, 0.2) is 5.15 Å². The summed E-state index contributed by atoms with van der Waals surface area (Å²) in [6.45, 7) is 7.31. The lowest BCUT2D eigenvalue weighted by molar-refractivity contribution is -0.123. The van der Waals surface area contributed by atoms with E-state index in [9.17, 15) is 4.79 Å². The molecule has 0 radical (unpaired) electrons. The second-order valence-corrected chi connectivity index (χ2v) is 10.5. The van der Waals surface area contributed by atoms with Gasteiger partial charge in [0.05, 0.1) is 18.3 Å². The summed E-state index contributed by atoms with van der Waals surface area (Å²) in [6, 6.07) is 16.2. The number of carbonyl (C=O) groups is 1. The van der Waals surface area contributed by atoms with Gasteiger partial charge in [0, 0.05) is 18.5 Å². The van der Waals surface area contributed by atoms with Gasteiger partial charge in [0.2, 0.25) is 11.7 Å². The number of aryl methyl sites for hydroxylation is 1. The molecule has 1 unspecified atom stereocenters. The minimum Gasteiger partial charge on any atom is -0.349 e. The lowest BCUT2D eigenvalue weighted by atomic mass is 9.98. The number of unbranched alkanes of at least 4 members (excludes halogenated alkanes) is 1. The number of likely N-dealkylation sites (N-methyl/N-ethyl adjacent to an activating group) is 1. The highest BCUT2D eigenvalue weighted by atomic mass is 35.5. The molecule has 0 aliphatic heterocycles. The van der Waals surface area contributed by atoms with Crippen molar-refractivity contribution in [2.75, 3.05) is 7.05 Å². The first-order valence-corrected chi connectivity index (χ1v) is 13.9. The van der Waals surface area contributed by atoms with Crippen molar-refractivity contribution in [1.82, 2.24) is 40.8 Å². The lowest BCUT2D eigenvalue weighted by Crippen LogP contribution is -2.43. The van der Waals surface area contributed by atoms with Crippen molar-refractivity contribution >= 4 is 17.5 Å². The molecule has 2 heterocycles. The summed E-state index contributed by atoms with van der Waals surface area (Å²) in [4.78, 5) is 17.5. The molecule has 2 aromatic carbocycles. The lowest BCUT2D eigenvalue weighted by Gasteiger charge is -2.19. The highest BCUT2D eigenvalue weighted by Gasteiger charge is 2.21. The van der Waals surface area contributed by atoms with Gasteiger partial charge in [0.25, 0.3) is 0 Å². The Hall–Kier alpha value is -3.56. The van der Waals surface area contributed by atoms with Gasteiger partial charge in [-0.05, 0) is 47.7 Å². The smallest absolute Gasteiger partial charge is 0.237 e. The van der Waals surface area contributed by atoms with Gasteiger partial charge in [0.1, 0.15) is 5.82 Å². The Morgan fingerprint density at radius 2 is 1.85 bits per heavy atom. The molecule has 1 amide bonds. The molecule has 0 spiro atoms. The predicted octanol–water partition coefficient (Wildman–Crippen LogP) is 5.02. The minimum absolute atomic E-state index is 0.0326. The van der Waals surface area contributed by atoms with Gasteiger partial charge in [-0.3, -0.25) is 4.79 Å². The number of hydrogen-bond donors (Lipinski definition) is 3. The number of aromatic nitrogens is 6. The molecule has 39 heavy (non-hydrogen) atoms. The molecule has 0 bridgehead atoms. The molecular formula is C29H37ClN8O. The van der Waals surface area contributed by atoms with Crippen LogP contribution in [0, 0.1) is 5.92 Å². The van der Waals surface area contributed by atoms with E-state index in [1.54, 1.807) is 0 Å². The third-order valence-electron chi connectivity index (χ3n) is 6.78. The fourth-order valence-electron chi connectivity index (χ4n) is 4.69. The maximum atomic E-state index is 12.9. The van der Waals surface area contributed by atoms with Crippen LogP contribution in [-0.2, 0) is 24.3 Å².